The molecule has 1 fully saturated rings. The highest BCUT2D eigenvalue weighted by Gasteiger charge is 2.55. The third kappa shape index (κ3) is 1.92. The number of thioether (sulfide) groups is 2. The molecule has 3 heteroatoms. The van der Waals surface area contributed by atoms with Gasteiger partial charge in [0.05, 0.1) is 14.7 Å². The van der Waals surface area contributed by atoms with Crippen LogP contribution in [0.1, 0.15) is 39.2 Å². The van der Waals surface area contributed by atoms with Crippen molar-refractivity contribution in [2.24, 2.45) is 4.99 Å². The average Bonchev–Trinajstić information content (AvgIpc) is 2.83. The lowest BCUT2D eigenvalue weighted by atomic mass is 9.96. The summed E-state index contributed by atoms with van der Waals surface area (Å²) in [5.74, 6) is 0. The van der Waals surface area contributed by atoms with Crippen molar-refractivity contribution in [3.05, 3.63) is 35.9 Å². The molecule has 0 amide bonds. The lowest BCUT2D eigenvalue weighted by Gasteiger charge is -2.34. The summed E-state index contributed by atoms with van der Waals surface area (Å²) >= 11 is 4.13. The van der Waals surface area contributed by atoms with Gasteiger partial charge in [0, 0.05) is 10.8 Å². The van der Waals surface area contributed by atoms with Gasteiger partial charge in [0.25, 0.3) is 0 Å². The van der Waals surface area contributed by atoms with E-state index < -0.39 is 0 Å². The Morgan fingerprint density at radius 3 is 2.56 bits per heavy atom. The van der Waals surface area contributed by atoms with Crippen molar-refractivity contribution in [1.29, 1.82) is 0 Å². The van der Waals surface area contributed by atoms with E-state index in [1.54, 1.807) is 0 Å². The van der Waals surface area contributed by atoms with Crippen molar-refractivity contribution in [3.8, 4) is 0 Å². The van der Waals surface area contributed by atoms with Gasteiger partial charge in [-0.2, -0.15) is 0 Å². The molecular weight excluding hydrogens is 258 g/mol. The molecule has 1 saturated heterocycles. The molecule has 96 valence electrons. The zero-order chi connectivity index (χ0) is 12.8. The fraction of sp³-hybridized carbons (Fsp3) is 0.533. The summed E-state index contributed by atoms with van der Waals surface area (Å²) in [6, 6.07) is 10.6. The van der Waals surface area contributed by atoms with Crippen molar-refractivity contribution in [3.63, 3.8) is 0 Å². The Labute approximate surface area is 118 Å². The van der Waals surface area contributed by atoms with E-state index in [4.69, 9.17) is 4.99 Å². The van der Waals surface area contributed by atoms with E-state index in [1.807, 2.05) is 11.8 Å². The van der Waals surface area contributed by atoms with Crippen LogP contribution >= 0.6 is 23.5 Å². The molecule has 0 bridgehead atoms. The van der Waals surface area contributed by atoms with Gasteiger partial charge in [0.2, 0.25) is 0 Å². The van der Waals surface area contributed by atoms with Gasteiger partial charge in [-0.15, -0.1) is 11.8 Å². The van der Waals surface area contributed by atoms with Crippen LogP contribution in [0.2, 0.25) is 0 Å². The molecule has 0 radical (unpaired) electrons. The molecule has 0 saturated carbocycles. The highest BCUT2D eigenvalue weighted by Crippen LogP contribution is 2.61. The summed E-state index contributed by atoms with van der Waals surface area (Å²) in [5.41, 5.74) is 1.31. The highest BCUT2D eigenvalue weighted by molar-refractivity contribution is 8.27. The lowest BCUT2D eigenvalue weighted by Crippen LogP contribution is -2.37. The fourth-order valence-corrected chi connectivity index (χ4v) is 6.44. The van der Waals surface area contributed by atoms with Crippen molar-refractivity contribution in [1.82, 2.24) is 0 Å². The first-order valence-corrected chi connectivity index (χ1v) is 8.24. The normalized spacial score (nSPS) is 33.9. The predicted molar refractivity (Wildman–Crippen MR) is 83.7 cm³/mol. The summed E-state index contributed by atoms with van der Waals surface area (Å²) in [5, 5.41) is 1.99. The maximum absolute atomic E-state index is 5.02. The van der Waals surface area contributed by atoms with E-state index in [0.29, 0.717) is 0 Å². The molecule has 0 aromatic heterocycles. The number of hydrogen-bond donors (Lipinski definition) is 0. The van der Waals surface area contributed by atoms with Crippen LogP contribution in [0.15, 0.2) is 35.3 Å². The molecule has 3 rings (SSSR count). The number of aliphatic imine (C=N–C) groups is 1. The summed E-state index contributed by atoms with van der Waals surface area (Å²) in [6.07, 6.45) is 2.59. The van der Waals surface area contributed by atoms with Gasteiger partial charge in [0.1, 0.15) is 0 Å². The van der Waals surface area contributed by atoms with E-state index in [-0.39, 0.29) is 9.62 Å². The standard InChI is InChI=1S/C15H19NS2/c1-11-9-10-15(17-11)14(2,3)16-13(18-15)12-7-5-4-6-8-12/h4-8,11H,9-10H2,1-3H3. The monoisotopic (exact) mass is 277 g/mol. The predicted octanol–water partition coefficient (Wildman–Crippen LogP) is 4.57. The third-order valence-electron chi connectivity index (χ3n) is 3.87. The van der Waals surface area contributed by atoms with Crippen LogP contribution in [-0.2, 0) is 0 Å². The summed E-state index contributed by atoms with van der Waals surface area (Å²) in [4.78, 5) is 5.02. The molecular formula is C15H19NS2. The topological polar surface area (TPSA) is 12.4 Å². The van der Waals surface area contributed by atoms with Crippen LogP contribution in [0.25, 0.3) is 0 Å². The van der Waals surface area contributed by atoms with E-state index in [9.17, 15) is 0 Å². The highest BCUT2D eigenvalue weighted by atomic mass is 32.2. The van der Waals surface area contributed by atoms with Crippen molar-refractivity contribution < 1.29 is 0 Å². The molecule has 2 heterocycles. The van der Waals surface area contributed by atoms with Crippen LogP contribution in [0.5, 0.6) is 0 Å². The molecule has 1 spiro atoms. The number of hydrogen-bond acceptors (Lipinski definition) is 3. The zero-order valence-corrected chi connectivity index (χ0v) is 12.8. The first-order valence-electron chi connectivity index (χ1n) is 6.55. The number of nitrogens with zero attached hydrogens (tertiary/aromatic N) is 1. The Morgan fingerprint density at radius 1 is 1.22 bits per heavy atom. The van der Waals surface area contributed by atoms with Crippen LogP contribution in [0.3, 0.4) is 0 Å². The molecule has 1 nitrogen and oxygen atoms in total. The largest absolute Gasteiger partial charge is 0.269 e. The van der Waals surface area contributed by atoms with Crippen LogP contribution in [0, 0.1) is 0 Å². The zero-order valence-electron chi connectivity index (χ0n) is 11.1. The maximum atomic E-state index is 5.02. The minimum atomic E-state index is 0.0399. The smallest absolute Gasteiger partial charge is 0.0998 e. The summed E-state index contributed by atoms with van der Waals surface area (Å²) < 4.78 is 0.261. The molecule has 1 aromatic carbocycles. The fourth-order valence-electron chi connectivity index (χ4n) is 2.71. The van der Waals surface area contributed by atoms with Gasteiger partial charge in [-0.3, -0.25) is 4.99 Å². The van der Waals surface area contributed by atoms with Gasteiger partial charge < -0.3 is 0 Å². The Kier molecular flexibility index (Phi) is 3.02. The minimum Gasteiger partial charge on any atom is -0.269 e. The van der Waals surface area contributed by atoms with Crippen molar-refractivity contribution >= 4 is 28.6 Å². The molecule has 0 N–H and O–H groups in total. The molecule has 0 aliphatic carbocycles. The minimum absolute atomic E-state index is 0.0399. The second-order valence-corrected chi connectivity index (χ2v) is 8.95. The van der Waals surface area contributed by atoms with Gasteiger partial charge >= 0.3 is 0 Å². The second kappa shape index (κ2) is 4.31. The molecule has 18 heavy (non-hydrogen) atoms. The number of benzene rings is 1. The first-order chi connectivity index (χ1) is 8.52. The SMILES string of the molecule is CC1CCC2(SC(c3ccccc3)=NC2(C)C)S1. The van der Waals surface area contributed by atoms with Gasteiger partial charge in [-0.1, -0.05) is 49.0 Å². The maximum Gasteiger partial charge on any atom is 0.0998 e. The lowest BCUT2D eigenvalue weighted by molar-refractivity contribution is 0.464. The Morgan fingerprint density at radius 2 is 1.94 bits per heavy atom. The van der Waals surface area contributed by atoms with Crippen molar-refractivity contribution in [2.75, 3.05) is 0 Å². The van der Waals surface area contributed by atoms with E-state index >= 15 is 0 Å². The molecule has 2 unspecified atom stereocenters. The van der Waals surface area contributed by atoms with Crippen LogP contribution in [0.4, 0.5) is 0 Å². The Balaban J connectivity index is 1.94. The third-order valence-corrected chi connectivity index (χ3v) is 7.68. The second-order valence-electron chi connectivity index (χ2n) is 5.66. The van der Waals surface area contributed by atoms with Crippen LogP contribution < -0.4 is 0 Å². The molecule has 1 aromatic rings. The quantitative estimate of drug-likeness (QED) is 0.745. The Hall–Kier alpha value is -0.410. The van der Waals surface area contributed by atoms with E-state index in [1.165, 1.54) is 23.4 Å². The molecule has 2 atom stereocenters. The summed E-state index contributed by atoms with van der Waals surface area (Å²) in [6.45, 7) is 6.93. The molecule has 2 aliphatic rings. The molecule has 2 aliphatic heterocycles. The Bertz CT molecular complexity index is 481. The van der Waals surface area contributed by atoms with Gasteiger partial charge in [0.15, 0.2) is 0 Å². The van der Waals surface area contributed by atoms with E-state index in [2.05, 4.69) is 62.9 Å². The number of rotatable bonds is 1. The van der Waals surface area contributed by atoms with Crippen molar-refractivity contribution in [2.45, 2.75) is 48.5 Å². The van der Waals surface area contributed by atoms with Gasteiger partial charge in [-0.05, 0) is 26.7 Å². The average molecular weight is 277 g/mol. The van der Waals surface area contributed by atoms with E-state index in [0.717, 1.165) is 5.25 Å². The summed E-state index contributed by atoms with van der Waals surface area (Å²) in [7, 11) is 0. The first kappa shape index (κ1) is 12.6. The van der Waals surface area contributed by atoms with Crippen LogP contribution in [-0.4, -0.2) is 19.9 Å². The van der Waals surface area contributed by atoms with Gasteiger partial charge in [-0.25, -0.2) is 0 Å².